The molecule has 0 aliphatic carbocycles. The first kappa shape index (κ1) is 23.1. The number of carbonyl (C=O) groups excluding carboxylic acids is 2. The molecule has 2 N–H and O–H groups in total. The van der Waals surface area contributed by atoms with Crippen LogP contribution in [-0.2, 0) is 11.2 Å². The summed E-state index contributed by atoms with van der Waals surface area (Å²) in [4.78, 5) is 29.0. The van der Waals surface area contributed by atoms with Crippen LogP contribution in [0.2, 0.25) is 0 Å². The highest BCUT2D eigenvalue weighted by Crippen LogP contribution is 2.45. The van der Waals surface area contributed by atoms with Gasteiger partial charge in [-0.2, -0.15) is 0 Å². The Balaban J connectivity index is 1.51. The Morgan fingerprint density at radius 2 is 1.88 bits per heavy atom. The Hall–Kier alpha value is -3.06. The predicted octanol–water partition coefficient (Wildman–Crippen LogP) is 4.38. The van der Waals surface area contributed by atoms with Crippen LogP contribution in [0.4, 0.5) is 16.2 Å². The summed E-state index contributed by atoms with van der Waals surface area (Å²) in [5.41, 5.74) is 4.55. The van der Waals surface area contributed by atoms with Crippen molar-refractivity contribution in [2.24, 2.45) is 5.41 Å². The van der Waals surface area contributed by atoms with E-state index in [9.17, 15) is 9.59 Å². The summed E-state index contributed by atoms with van der Waals surface area (Å²) in [7, 11) is 2.08. The van der Waals surface area contributed by atoms with Crippen LogP contribution in [0.15, 0.2) is 42.5 Å². The van der Waals surface area contributed by atoms with E-state index in [0.717, 1.165) is 55.1 Å². The minimum absolute atomic E-state index is 0.0482. The summed E-state index contributed by atoms with van der Waals surface area (Å²) in [6.07, 6.45) is 0.825. The average Bonchev–Trinajstić information content (AvgIpc) is 2.78. The predicted molar refractivity (Wildman–Crippen MR) is 131 cm³/mol. The van der Waals surface area contributed by atoms with Crippen LogP contribution in [0.3, 0.4) is 0 Å². The quantitative estimate of drug-likeness (QED) is 0.677. The van der Waals surface area contributed by atoms with Crippen molar-refractivity contribution in [3.05, 3.63) is 59.2 Å². The van der Waals surface area contributed by atoms with Crippen molar-refractivity contribution in [2.75, 3.05) is 50.5 Å². The van der Waals surface area contributed by atoms with Crippen molar-refractivity contribution >= 4 is 23.4 Å². The number of anilines is 2. The number of nitrogens with zero attached hydrogens (tertiary/aromatic N) is 2. The topological polar surface area (TPSA) is 73.9 Å². The molecule has 7 heteroatoms. The number of likely N-dealkylation sites (N-methyl/N-ethyl adjacent to an activating group) is 1. The summed E-state index contributed by atoms with van der Waals surface area (Å²) in [5, 5.41) is 6.74. The lowest BCUT2D eigenvalue weighted by atomic mass is 9.72. The molecule has 1 atom stereocenters. The second-order valence-electron chi connectivity index (χ2n) is 9.68. The summed E-state index contributed by atoms with van der Waals surface area (Å²) in [5.74, 6) is -0.288. The molecule has 2 aromatic carbocycles. The van der Waals surface area contributed by atoms with E-state index in [0.29, 0.717) is 12.2 Å². The number of hydrogen-bond donors (Lipinski definition) is 2. The van der Waals surface area contributed by atoms with Gasteiger partial charge in [-0.15, -0.1) is 0 Å². The SMILES string of the molecule is CCOC(=O)c1ccc2c(c1)CC(C)(C)C(c1cccc(NC(=O)N3CCN(C)CC3)c1)N2. The number of urea groups is 1. The number of ether oxygens (including phenoxy) is 1. The molecule has 0 radical (unpaired) electrons. The van der Waals surface area contributed by atoms with Crippen molar-refractivity contribution in [3.8, 4) is 0 Å². The molecule has 2 aliphatic rings. The smallest absolute Gasteiger partial charge is 0.338 e. The Morgan fingerprint density at radius 1 is 1.12 bits per heavy atom. The average molecular weight is 451 g/mol. The molecule has 0 spiro atoms. The standard InChI is InChI=1S/C26H34N4O3/c1-5-33-24(31)19-9-10-22-20(15-19)17-26(2,3)23(28-22)18-7-6-8-21(16-18)27-25(32)30-13-11-29(4)12-14-30/h6-10,15-16,23,28H,5,11-14,17H2,1-4H3,(H,27,32). The van der Waals surface area contributed by atoms with E-state index in [2.05, 4.69) is 48.6 Å². The number of benzene rings is 2. The molecule has 176 valence electrons. The number of carbonyl (C=O) groups is 2. The van der Waals surface area contributed by atoms with Gasteiger partial charge in [0.25, 0.3) is 0 Å². The van der Waals surface area contributed by atoms with Gasteiger partial charge in [-0.25, -0.2) is 9.59 Å². The van der Waals surface area contributed by atoms with E-state index < -0.39 is 0 Å². The van der Waals surface area contributed by atoms with Crippen LogP contribution in [0.25, 0.3) is 0 Å². The summed E-state index contributed by atoms with van der Waals surface area (Å²) >= 11 is 0. The number of nitrogens with one attached hydrogen (secondary N) is 2. The Labute approximate surface area is 196 Å². The third-order valence-corrected chi connectivity index (χ3v) is 6.61. The van der Waals surface area contributed by atoms with Crippen LogP contribution in [0.5, 0.6) is 0 Å². The van der Waals surface area contributed by atoms with Crippen molar-refractivity contribution in [2.45, 2.75) is 33.2 Å². The fourth-order valence-corrected chi connectivity index (χ4v) is 4.71. The number of fused-ring (bicyclic) bond motifs is 1. The van der Waals surface area contributed by atoms with Gasteiger partial charge in [0.05, 0.1) is 18.2 Å². The molecule has 1 saturated heterocycles. The van der Waals surface area contributed by atoms with Crippen LogP contribution in [0.1, 0.15) is 48.3 Å². The van der Waals surface area contributed by atoms with E-state index in [1.807, 2.05) is 42.2 Å². The van der Waals surface area contributed by atoms with Gasteiger partial charge in [0, 0.05) is 37.6 Å². The molecular weight excluding hydrogens is 416 g/mol. The normalized spacial score (nSPS) is 19.9. The zero-order chi connectivity index (χ0) is 23.6. The Morgan fingerprint density at radius 3 is 2.61 bits per heavy atom. The summed E-state index contributed by atoms with van der Waals surface area (Å²) in [6, 6.07) is 13.8. The van der Waals surface area contributed by atoms with Crippen molar-refractivity contribution in [3.63, 3.8) is 0 Å². The van der Waals surface area contributed by atoms with E-state index >= 15 is 0 Å². The second-order valence-corrected chi connectivity index (χ2v) is 9.68. The Bertz CT molecular complexity index is 1030. The Kier molecular flexibility index (Phi) is 6.61. The van der Waals surface area contributed by atoms with Gasteiger partial charge < -0.3 is 25.2 Å². The minimum atomic E-state index is -0.288. The minimum Gasteiger partial charge on any atom is -0.462 e. The maximum atomic E-state index is 12.7. The molecular formula is C26H34N4O3. The molecule has 1 fully saturated rings. The van der Waals surface area contributed by atoms with E-state index in [1.165, 1.54) is 0 Å². The molecule has 7 nitrogen and oxygen atoms in total. The molecule has 33 heavy (non-hydrogen) atoms. The fourth-order valence-electron chi connectivity index (χ4n) is 4.71. The fraction of sp³-hybridized carbons (Fsp3) is 0.462. The zero-order valence-electron chi connectivity index (χ0n) is 20.0. The first-order valence-electron chi connectivity index (χ1n) is 11.7. The molecule has 0 bridgehead atoms. The summed E-state index contributed by atoms with van der Waals surface area (Å²) in [6.45, 7) is 9.89. The maximum Gasteiger partial charge on any atom is 0.338 e. The van der Waals surface area contributed by atoms with Gasteiger partial charge in [-0.1, -0.05) is 26.0 Å². The van der Waals surface area contributed by atoms with Crippen LogP contribution >= 0.6 is 0 Å². The molecule has 2 aliphatic heterocycles. The van der Waals surface area contributed by atoms with Gasteiger partial charge in [0.15, 0.2) is 0 Å². The lowest BCUT2D eigenvalue weighted by Gasteiger charge is -2.41. The molecule has 1 unspecified atom stereocenters. The summed E-state index contributed by atoms with van der Waals surface area (Å²) < 4.78 is 5.16. The van der Waals surface area contributed by atoms with Crippen molar-refractivity contribution in [1.29, 1.82) is 0 Å². The molecule has 2 amide bonds. The largest absolute Gasteiger partial charge is 0.462 e. The van der Waals surface area contributed by atoms with Crippen molar-refractivity contribution in [1.82, 2.24) is 9.80 Å². The molecule has 2 heterocycles. The van der Waals surface area contributed by atoms with Gasteiger partial charge >= 0.3 is 12.0 Å². The van der Waals surface area contributed by atoms with Crippen LogP contribution in [-0.4, -0.2) is 61.6 Å². The number of rotatable bonds is 4. The highest BCUT2D eigenvalue weighted by Gasteiger charge is 2.36. The third-order valence-electron chi connectivity index (χ3n) is 6.61. The number of amides is 2. The first-order valence-corrected chi connectivity index (χ1v) is 11.7. The lowest BCUT2D eigenvalue weighted by Crippen LogP contribution is -2.48. The number of esters is 1. The molecule has 4 rings (SSSR count). The first-order chi connectivity index (χ1) is 15.8. The van der Waals surface area contributed by atoms with E-state index in [1.54, 1.807) is 0 Å². The number of piperazine rings is 1. The van der Waals surface area contributed by atoms with Gasteiger partial charge in [0.1, 0.15) is 0 Å². The highest BCUT2D eigenvalue weighted by atomic mass is 16.5. The number of hydrogen-bond acceptors (Lipinski definition) is 5. The molecule has 2 aromatic rings. The van der Waals surface area contributed by atoms with Gasteiger partial charge in [-0.3, -0.25) is 0 Å². The maximum absolute atomic E-state index is 12.7. The lowest BCUT2D eigenvalue weighted by molar-refractivity contribution is 0.0526. The van der Waals surface area contributed by atoms with Crippen LogP contribution < -0.4 is 10.6 Å². The van der Waals surface area contributed by atoms with Crippen molar-refractivity contribution < 1.29 is 14.3 Å². The molecule has 0 aromatic heterocycles. The monoisotopic (exact) mass is 450 g/mol. The van der Waals surface area contributed by atoms with Gasteiger partial charge in [-0.05, 0) is 67.3 Å². The molecule has 0 saturated carbocycles. The third kappa shape index (κ3) is 5.14. The van der Waals surface area contributed by atoms with E-state index in [-0.39, 0.29) is 23.5 Å². The highest BCUT2D eigenvalue weighted by molar-refractivity contribution is 5.91. The zero-order valence-corrected chi connectivity index (χ0v) is 20.0. The van der Waals surface area contributed by atoms with E-state index in [4.69, 9.17) is 4.74 Å². The van der Waals surface area contributed by atoms with Gasteiger partial charge in [0.2, 0.25) is 0 Å². The second kappa shape index (κ2) is 9.43. The van der Waals surface area contributed by atoms with Crippen LogP contribution in [0, 0.1) is 5.41 Å².